The summed E-state index contributed by atoms with van der Waals surface area (Å²) in [6.07, 6.45) is 1.11. The minimum atomic E-state index is 0.331. The summed E-state index contributed by atoms with van der Waals surface area (Å²) in [6, 6.07) is 6.42. The van der Waals surface area contributed by atoms with Crippen LogP contribution in [0.3, 0.4) is 0 Å². The molecule has 0 aliphatic carbocycles. The second-order valence-electron chi connectivity index (χ2n) is 4.36. The van der Waals surface area contributed by atoms with Crippen molar-refractivity contribution in [2.45, 2.75) is 19.4 Å². The third kappa shape index (κ3) is 3.44. The SMILES string of the molecule is CCNC(c1cc(Cl)cc(Br)c1)C1CCOC1. The predicted octanol–water partition coefficient (Wildman–Crippen LogP) is 3.79. The molecule has 0 saturated carbocycles. The van der Waals surface area contributed by atoms with Crippen molar-refractivity contribution in [1.82, 2.24) is 5.32 Å². The molecule has 1 N–H and O–H groups in total. The van der Waals surface area contributed by atoms with E-state index in [-0.39, 0.29) is 0 Å². The van der Waals surface area contributed by atoms with Gasteiger partial charge >= 0.3 is 0 Å². The van der Waals surface area contributed by atoms with Crippen LogP contribution in [-0.4, -0.2) is 19.8 Å². The van der Waals surface area contributed by atoms with Gasteiger partial charge in [-0.1, -0.05) is 34.5 Å². The van der Waals surface area contributed by atoms with Crippen LogP contribution in [0.1, 0.15) is 24.9 Å². The van der Waals surface area contributed by atoms with Crippen LogP contribution >= 0.6 is 27.5 Å². The largest absolute Gasteiger partial charge is 0.381 e. The smallest absolute Gasteiger partial charge is 0.0513 e. The fourth-order valence-electron chi connectivity index (χ4n) is 2.35. The van der Waals surface area contributed by atoms with E-state index in [0.29, 0.717) is 12.0 Å². The minimum absolute atomic E-state index is 0.331. The summed E-state index contributed by atoms with van der Waals surface area (Å²) >= 11 is 9.61. The summed E-state index contributed by atoms with van der Waals surface area (Å²) in [5.74, 6) is 0.542. The van der Waals surface area contributed by atoms with E-state index in [0.717, 1.165) is 35.7 Å². The van der Waals surface area contributed by atoms with Crippen molar-refractivity contribution in [3.05, 3.63) is 33.3 Å². The van der Waals surface area contributed by atoms with Crippen molar-refractivity contribution >= 4 is 27.5 Å². The van der Waals surface area contributed by atoms with Crippen molar-refractivity contribution in [1.29, 1.82) is 0 Å². The topological polar surface area (TPSA) is 21.3 Å². The second-order valence-corrected chi connectivity index (χ2v) is 5.71. The van der Waals surface area contributed by atoms with Gasteiger partial charge in [-0.3, -0.25) is 0 Å². The van der Waals surface area contributed by atoms with Gasteiger partial charge in [0.05, 0.1) is 6.61 Å². The highest BCUT2D eigenvalue weighted by atomic mass is 79.9. The lowest BCUT2D eigenvalue weighted by atomic mass is 9.92. The quantitative estimate of drug-likeness (QED) is 0.912. The summed E-state index contributed by atoms with van der Waals surface area (Å²) in [6.45, 7) is 4.78. The molecule has 0 radical (unpaired) electrons. The Balaban J connectivity index is 2.24. The third-order valence-corrected chi connectivity index (χ3v) is 3.78. The molecule has 2 atom stereocenters. The Morgan fingerprint density at radius 2 is 2.35 bits per heavy atom. The molecule has 2 rings (SSSR count). The standard InChI is InChI=1S/C13H17BrClNO/c1-2-16-13(9-3-4-17-8-9)10-5-11(14)7-12(15)6-10/h5-7,9,13,16H,2-4,8H2,1H3. The first-order valence-corrected chi connectivity index (χ1v) is 7.15. The summed E-state index contributed by atoms with van der Waals surface area (Å²) in [5.41, 5.74) is 1.24. The highest BCUT2D eigenvalue weighted by molar-refractivity contribution is 9.10. The van der Waals surface area contributed by atoms with Crippen molar-refractivity contribution in [2.75, 3.05) is 19.8 Å². The van der Waals surface area contributed by atoms with Gasteiger partial charge in [-0.2, -0.15) is 0 Å². The summed E-state index contributed by atoms with van der Waals surface area (Å²) < 4.78 is 6.51. The van der Waals surface area contributed by atoms with Gasteiger partial charge < -0.3 is 10.1 Å². The molecule has 94 valence electrons. The van der Waals surface area contributed by atoms with E-state index in [2.05, 4.69) is 34.2 Å². The van der Waals surface area contributed by atoms with Gasteiger partial charge in [0.15, 0.2) is 0 Å². The maximum absolute atomic E-state index is 6.11. The summed E-state index contributed by atoms with van der Waals surface area (Å²) in [7, 11) is 0. The summed E-state index contributed by atoms with van der Waals surface area (Å²) in [4.78, 5) is 0. The van der Waals surface area contributed by atoms with Gasteiger partial charge in [-0.15, -0.1) is 0 Å². The summed E-state index contributed by atoms with van der Waals surface area (Å²) in [5, 5.41) is 4.31. The first-order valence-electron chi connectivity index (χ1n) is 5.98. The number of ether oxygens (including phenoxy) is 1. The molecule has 1 aromatic carbocycles. The second kappa shape index (κ2) is 6.19. The molecular weight excluding hydrogens is 302 g/mol. The van der Waals surface area contributed by atoms with Crippen LogP contribution in [0, 0.1) is 5.92 Å². The highest BCUT2D eigenvalue weighted by Crippen LogP contribution is 2.32. The molecule has 0 amide bonds. The average Bonchev–Trinajstić information content (AvgIpc) is 2.77. The predicted molar refractivity (Wildman–Crippen MR) is 74.5 cm³/mol. The first-order chi connectivity index (χ1) is 8.20. The van der Waals surface area contributed by atoms with Gasteiger partial charge in [0.2, 0.25) is 0 Å². The van der Waals surface area contributed by atoms with Crippen molar-refractivity contribution in [3.8, 4) is 0 Å². The molecule has 1 aromatic rings. The average molecular weight is 319 g/mol. The van der Waals surface area contributed by atoms with Crippen molar-refractivity contribution in [2.24, 2.45) is 5.92 Å². The van der Waals surface area contributed by atoms with Gasteiger partial charge in [-0.25, -0.2) is 0 Å². The van der Waals surface area contributed by atoms with E-state index >= 15 is 0 Å². The molecule has 17 heavy (non-hydrogen) atoms. The van der Waals surface area contributed by atoms with Crippen LogP contribution < -0.4 is 5.32 Å². The van der Waals surface area contributed by atoms with E-state index < -0.39 is 0 Å². The first kappa shape index (κ1) is 13.3. The minimum Gasteiger partial charge on any atom is -0.381 e. The van der Waals surface area contributed by atoms with Crippen LogP contribution in [0.2, 0.25) is 5.02 Å². The molecule has 1 aliphatic heterocycles. The number of benzene rings is 1. The molecule has 0 bridgehead atoms. The van der Waals surface area contributed by atoms with Crippen molar-refractivity contribution in [3.63, 3.8) is 0 Å². The fourth-order valence-corrected chi connectivity index (χ4v) is 3.23. The van der Waals surface area contributed by atoms with E-state index in [4.69, 9.17) is 16.3 Å². The van der Waals surface area contributed by atoms with Gasteiger partial charge in [0.1, 0.15) is 0 Å². The van der Waals surface area contributed by atoms with Crippen LogP contribution in [0.25, 0.3) is 0 Å². The zero-order chi connectivity index (χ0) is 12.3. The zero-order valence-electron chi connectivity index (χ0n) is 9.88. The maximum atomic E-state index is 6.11. The Morgan fingerprint density at radius 1 is 1.53 bits per heavy atom. The van der Waals surface area contributed by atoms with Crippen molar-refractivity contribution < 1.29 is 4.74 Å². The highest BCUT2D eigenvalue weighted by Gasteiger charge is 2.26. The van der Waals surface area contributed by atoms with Crippen LogP contribution in [0.5, 0.6) is 0 Å². The molecule has 4 heteroatoms. The third-order valence-electron chi connectivity index (χ3n) is 3.10. The monoisotopic (exact) mass is 317 g/mol. The Hall–Kier alpha value is -0.0900. The molecule has 1 fully saturated rings. The lowest BCUT2D eigenvalue weighted by Gasteiger charge is -2.24. The lowest BCUT2D eigenvalue weighted by Crippen LogP contribution is -2.28. The van der Waals surface area contributed by atoms with Gasteiger partial charge in [0.25, 0.3) is 0 Å². The molecular formula is C13H17BrClNO. The fraction of sp³-hybridized carbons (Fsp3) is 0.538. The molecule has 0 spiro atoms. The number of hydrogen-bond acceptors (Lipinski definition) is 2. The Labute approximate surface area is 116 Å². The van der Waals surface area contributed by atoms with Gasteiger partial charge in [0, 0.05) is 28.1 Å². The normalized spacial score (nSPS) is 21.7. The molecule has 1 saturated heterocycles. The molecule has 2 nitrogen and oxygen atoms in total. The number of hydrogen-bond donors (Lipinski definition) is 1. The number of rotatable bonds is 4. The van der Waals surface area contributed by atoms with Crippen LogP contribution in [0.15, 0.2) is 22.7 Å². The van der Waals surface area contributed by atoms with Crippen LogP contribution in [-0.2, 0) is 4.74 Å². The number of nitrogens with one attached hydrogen (secondary N) is 1. The molecule has 2 unspecified atom stereocenters. The van der Waals surface area contributed by atoms with Gasteiger partial charge in [-0.05, 0) is 36.7 Å². The lowest BCUT2D eigenvalue weighted by molar-refractivity contribution is 0.177. The molecule has 1 heterocycles. The Bertz CT molecular complexity index is 359. The van der Waals surface area contributed by atoms with E-state index in [1.807, 2.05) is 12.1 Å². The molecule has 1 aliphatic rings. The maximum Gasteiger partial charge on any atom is 0.0513 e. The Kier molecular flexibility index (Phi) is 4.86. The van der Waals surface area contributed by atoms with E-state index in [1.165, 1.54) is 5.56 Å². The Morgan fingerprint density at radius 3 is 2.94 bits per heavy atom. The van der Waals surface area contributed by atoms with Crippen LogP contribution in [0.4, 0.5) is 0 Å². The molecule has 0 aromatic heterocycles. The van der Waals surface area contributed by atoms with E-state index in [9.17, 15) is 0 Å². The number of halogens is 2. The zero-order valence-corrected chi connectivity index (χ0v) is 12.2. The van der Waals surface area contributed by atoms with E-state index in [1.54, 1.807) is 0 Å².